The van der Waals surface area contributed by atoms with E-state index in [1.54, 1.807) is 0 Å². The first-order valence-corrected chi connectivity index (χ1v) is 11.1. The number of hydrogen-bond donors (Lipinski definition) is 6. The molecule has 0 spiro atoms. The van der Waals surface area contributed by atoms with E-state index >= 15 is 0 Å². The van der Waals surface area contributed by atoms with Crippen molar-refractivity contribution < 1.29 is 38.9 Å². The Labute approximate surface area is 201 Å². The summed E-state index contributed by atoms with van der Waals surface area (Å²) in [6.45, 7) is 20.6. The highest BCUT2D eigenvalue weighted by Gasteiger charge is 2.33. The van der Waals surface area contributed by atoms with E-state index in [0.29, 0.717) is 13.1 Å². The van der Waals surface area contributed by atoms with E-state index in [0.717, 1.165) is 26.2 Å². The molecule has 2 fully saturated rings. The van der Waals surface area contributed by atoms with E-state index in [-0.39, 0.29) is 23.0 Å². The summed E-state index contributed by atoms with van der Waals surface area (Å²) in [7, 11) is 0. The number of carboxylic acid groups (broad SMARTS) is 2. The Morgan fingerprint density at radius 2 is 0.971 bits per heavy atom. The number of carbonyl (C=O) groups is 4. The van der Waals surface area contributed by atoms with Gasteiger partial charge in [0, 0.05) is 50.1 Å². The van der Waals surface area contributed by atoms with Crippen LogP contribution in [0.4, 0.5) is 9.59 Å². The largest absolute Gasteiger partial charge is 0.473 e. The number of carbonyl (C=O) groups excluding carboxylic acids is 2. The van der Waals surface area contributed by atoms with Gasteiger partial charge in [0.15, 0.2) is 0 Å². The van der Waals surface area contributed by atoms with Crippen LogP contribution in [0.15, 0.2) is 0 Å². The SMILES string of the molecule is CC1(CNC(=O)OC(C)(C)C)CNC1.CC1(CNC(=O)OC(C)(C)C)CNC1.O=C(O)C(=O)O. The normalized spacial score (nSPS) is 17.5. The van der Waals surface area contributed by atoms with Crippen molar-refractivity contribution in [1.82, 2.24) is 21.3 Å². The molecule has 0 radical (unpaired) electrons. The van der Waals surface area contributed by atoms with E-state index in [1.807, 2.05) is 41.5 Å². The van der Waals surface area contributed by atoms with Gasteiger partial charge < -0.3 is 41.0 Å². The van der Waals surface area contributed by atoms with E-state index in [4.69, 9.17) is 29.3 Å². The van der Waals surface area contributed by atoms with Crippen LogP contribution in [0.2, 0.25) is 0 Å². The van der Waals surface area contributed by atoms with Gasteiger partial charge in [-0.3, -0.25) is 0 Å². The Morgan fingerprint density at radius 3 is 1.12 bits per heavy atom. The highest BCUT2D eigenvalue weighted by molar-refractivity contribution is 6.27. The first-order valence-electron chi connectivity index (χ1n) is 11.1. The highest BCUT2D eigenvalue weighted by atomic mass is 16.6. The zero-order valence-corrected chi connectivity index (χ0v) is 21.6. The Kier molecular flexibility index (Phi) is 11.8. The third kappa shape index (κ3) is 15.3. The van der Waals surface area contributed by atoms with Gasteiger partial charge in [0.1, 0.15) is 11.2 Å². The second-order valence-electron chi connectivity index (χ2n) is 11.1. The number of hydrogen-bond acceptors (Lipinski definition) is 8. The first kappa shape index (κ1) is 31.4. The minimum Gasteiger partial charge on any atom is -0.473 e. The van der Waals surface area contributed by atoms with Crippen LogP contribution in [-0.4, -0.2) is 84.8 Å². The Morgan fingerprint density at radius 1 is 0.706 bits per heavy atom. The fourth-order valence-electron chi connectivity index (χ4n) is 2.55. The fourth-order valence-corrected chi connectivity index (χ4v) is 2.55. The van der Waals surface area contributed by atoms with Gasteiger partial charge in [-0.15, -0.1) is 0 Å². The molecule has 2 aliphatic heterocycles. The predicted molar refractivity (Wildman–Crippen MR) is 126 cm³/mol. The average molecular weight is 491 g/mol. The quantitative estimate of drug-likeness (QED) is 0.316. The molecule has 2 saturated heterocycles. The highest BCUT2D eigenvalue weighted by Crippen LogP contribution is 2.20. The van der Waals surface area contributed by atoms with Crippen LogP contribution >= 0.6 is 0 Å². The van der Waals surface area contributed by atoms with Crippen molar-refractivity contribution in [3.63, 3.8) is 0 Å². The van der Waals surface area contributed by atoms with Crippen molar-refractivity contribution in [2.75, 3.05) is 39.3 Å². The number of rotatable bonds is 4. The van der Waals surface area contributed by atoms with E-state index in [2.05, 4.69) is 35.1 Å². The number of ether oxygens (including phenoxy) is 2. The summed E-state index contributed by atoms with van der Waals surface area (Å²) in [6.07, 6.45) is -0.656. The lowest BCUT2D eigenvalue weighted by atomic mass is 9.84. The number of amides is 2. The third-order valence-corrected chi connectivity index (χ3v) is 4.51. The topological polar surface area (TPSA) is 175 Å². The van der Waals surface area contributed by atoms with Gasteiger partial charge in [-0.25, -0.2) is 19.2 Å². The minimum absolute atomic E-state index is 0.205. The molecule has 0 aliphatic carbocycles. The smallest absolute Gasteiger partial charge is 0.414 e. The lowest BCUT2D eigenvalue weighted by molar-refractivity contribution is -0.159. The maximum absolute atomic E-state index is 11.3. The maximum Gasteiger partial charge on any atom is 0.414 e. The molecular weight excluding hydrogens is 448 g/mol. The van der Waals surface area contributed by atoms with Crippen molar-refractivity contribution in [3.8, 4) is 0 Å². The molecule has 2 heterocycles. The molecule has 0 atom stereocenters. The number of aliphatic carboxylic acids is 2. The van der Waals surface area contributed by atoms with Gasteiger partial charge in [0.2, 0.25) is 0 Å². The van der Waals surface area contributed by atoms with Gasteiger partial charge in [-0.2, -0.15) is 0 Å². The Hall–Kier alpha value is -2.60. The molecule has 12 nitrogen and oxygen atoms in total. The van der Waals surface area contributed by atoms with Gasteiger partial charge >= 0.3 is 24.1 Å². The molecule has 0 aromatic heterocycles. The molecule has 198 valence electrons. The van der Waals surface area contributed by atoms with Crippen LogP contribution in [0.1, 0.15) is 55.4 Å². The van der Waals surface area contributed by atoms with Crippen LogP contribution in [-0.2, 0) is 19.1 Å². The van der Waals surface area contributed by atoms with Crippen molar-refractivity contribution in [2.24, 2.45) is 10.8 Å². The molecule has 0 unspecified atom stereocenters. The lowest BCUT2D eigenvalue weighted by Crippen LogP contribution is -2.57. The van der Waals surface area contributed by atoms with Crippen molar-refractivity contribution >= 4 is 24.1 Å². The molecule has 6 N–H and O–H groups in total. The van der Waals surface area contributed by atoms with Crippen molar-refractivity contribution in [3.05, 3.63) is 0 Å². The predicted octanol–water partition coefficient (Wildman–Crippen LogP) is 1.40. The summed E-state index contributed by atoms with van der Waals surface area (Å²) in [5.74, 6) is -3.65. The zero-order valence-electron chi connectivity index (χ0n) is 21.6. The summed E-state index contributed by atoms with van der Waals surface area (Å²) in [4.78, 5) is 40.8. The standard InChI is InChI=1S/2C10H20N2O2.C2H2O4/c2*1-9(2,3)14-8(13)12-7-10(4)5-11-6-10;3-1(4)2(5)6/h2*11H,5-7H2,1-4H3,(H,12,13);(H,3,4)(H,5,6). The summed E-state index contributed by atoms with van der Waals surface area (Å²) in [5, 5.41) is 26.7. The van der Waals surface area contributed by atoms with Gasteiger partial charge in [0.05, 0.1) is 0 Å². The minimum atomic E-state index is -1.82. The van der Waals surface area contributed by atoms with Crippen LogP contribution in [0.3, 0.4) is 0 Å². The van der Waals surface area contributed by atoms with Crippen molar-refractivity contribution in [1.29, 1.82) is 0 Å². The molecule has 0 saturated carbocycles. The van der Waals surface area contributed by atoms with Gasteiger partial charge in [-0.05, 0) is 41.5 Å². The molecule has 0 bridgehead atoms. The van der Waals surface area contributed by atoms with E-state index < -0.39 is 23.1 Å². The zero-order chi connectivity index (χ0) is 26.8. The fraction of sp³-hybridized carbons (Fsp3) is 0.818. The summed E-state index contributed by atoms with van der Waals surface area (Å²) < 4.78 is 10.3. The van der Waals surface area contributed by atoms with Crippen LogP contribution in [0.5, 0.6) is 0 Å². The van der Waals surface area contributed by atoms with Crippen LogP contribution < -0.4 is 21.3 Å². The summed E-state index contributed by atoms with van der Waals surface area (Å²) in [5.41, 5.74) is -0.417. The first-order chi connectivity index (χ1) is 15.3. The van der Waals surface area contributed by atoms with Crippen LogP contribution in [0, 0.1) is 10.8 Å². The molecule has 2 amide bonds. The summed E-state index contributed by atoms with van der Waals surface area (Å²) in [6, 6.07) is 0. The second-order valence-corrected chi connectivity index (χ2v) is 11.1. The number of nitrogens with one attached hydrogen (secondary N) is 4. The maximum atomic E-state index is 11.3. The number of alkyl carbamates (subject to hydrolysis) is 2. The Balaban J connectivity index is 0.000000521. The third-order valence-electron chi connectivity index (χ3n) is 4.51. The van der Waals surface area contributed by atoms with Crippen LogP contribution in [0.25, 0.3) is 0 Å². The molecule has 2 rings (SSSR count). The van der Waals surface area contributed by atoms with Crippen molar-refractivity contribution in [2.45, 2.75) is 66.6 Å². The number of carboxylic acids is 2. The Bertz CT molecular complexity index is 645. The lowest BCUT2D eigenvalue weighted by Gasteiger charge is -2.39. The molecule has 12 heteroatoms. The molecule has 2 aliphatic rings. The van der Waals surface area contributed by atoms with Gasteiger partial charge in [-0.1, -0.05) is 13.8 Å². The molecule has 0 aromatic rings. The molecule has 0 aromatic carbocycles. The average Bonchev–Trinajstić information content (AvgIpc) is 2.60. The van der Waals surface area contributed by atoms with E-state index in [1.165, 1.54) is 0 Å². The van der Waals surface area contributed by atoms with E-state index in [9.17, 15) is 9.59 Å². The monoisotopic (exact) mass is 490 g/mol. The molecule has 34 heavy (non-hydrogen) atoms. The van der Waals surface area contributed by atoms with Gasteiger partial charge in [0.25, 0.3) is 0 Å². The molecular formula is C22H42N4O8. The summed E-state index contributed by atoms with van der Waals surface area (Å²) >= 11 is 0. The second kappa shape index (κ2) is 12.7.